The number of carbonyl (C=O) groups is 2. The minimum atomic E-state index is -0.464. The molecule has 0 aliphatic rings. The van der Waals surface area contributed by atoms with Gasteiger partial charge in [0.2, 0.25) is 5.91 Å². The molecule has 3 heterocycles. The first kappa shape index (κ1) is 17.8. The van der Waals surface area contributed by atoms with Crippen LogP contribution in [0.25, 0.3) is 0 Å². The molecule has 0 aromatic carbocycles. The van der Waals surface area contributed by atoms with Gasteiger partial charge in [0.25, 0.3) is 5.91 Å². The summed E-state index contributed by atoms with van der Waals surface area (Å²) in [5.74, 6) is -0.820. The average Bonchev–Trinajstić information content (AvgIpc) is 3.07. The molecular weight excluding hydrogens is 379 g/mol. The lowest BCUT2D eigenvalue weighted by Crippen LogP contribution is -2.20. The first-order valence-electron chi connectivity index (χ1n) is 7.38. The maximum absolute atomic E-state index is 12.2. The van der Waals surface area contributed by atoms with Crippen molar-refractivity contribution in [1.29, 1.82) is 0 Å². The Bertz CT molecular complexity index is 959. The van der Waals surface area contributed by atoms with Gasteiger partial charge < -0.3 is 10.6 Å². The highest BCUT2D eigenvalue weighted by Crippen LogP contribution is 2.18. The number of hydrogen-bond donors (Lipinski definition) is 2. The molecular formula is C16H12Cl2N6O2. The minimum Gasteiger partial charge on any atom is -0.322 e. The number of amides is 2. The molecule has 0 aliphatic heterocycles. The quantitative estimate of drug-likeness (QED) is 0.652. The average molecular weight is 391 g/mol. The van der Waals surface area contributed by atoms with Crippen LogP contribution >= 0.6 is 23.2 Å². The van der Waals surface area contributed by atoms with Crippen LogP contribution in [0.15, 0.2) is 48.9 Å². The number of halogens is 2. The van der Waals surface area contributed by atoms with Crippen molar-refractivity contribution in [2.45, 2.75) is 6.54 Å². The third-order valence-corrected chi connectivity index (χ3v) is 3.82. The molecule has 0 atom stereocenters. The van der Waals surface area contributed by atoms with Crippen LogP contribution in [0.4, 0.5) is 11.4 Å². The number of aromatic nitrogens is 4. The molecule has 8 nitrogen and oxygen atoms in total. The molecule has 0 saturated carbocycles. The molecule has 0 unspecified atom stereocenters. The number of nitrogens with one attached hydrogen (secondary N) is 2. The molecule has 132 valence electrons. The molecule has 0 spiro atoms. The molecule has 10 heteroatoms. The zero-order chi connectivity index (χ0) is 18.5. The second-order valence-electron chi connectivity index (χ2n) is 5.08. The summed E-state index contributed by atoms with van der Waals surface area (Å²) in [6, 6.07) is 8.04. The van der Waals surface area contributed by atoms with Crippen LogP contribution in [0.2, 0.25) is 10.3 Å². The zero-order valence-electron chi connectivity index (χ0n) is 13.2. The predicted molar refractivity (Wildman–Crippen MR) is 97.3 cm³/mol. The lowest BCUT2D eigenvalue weighted by Gasteiger charge is -2.06. The van der Waals surface area contributed by atoms with Gasteiger partial charge in [-0.25, -0.2) is 9.97 Å². The van der Waals surface area contributed by atoms with E-state index in [1.165, 1.54) is 29.3 Å². The number of pyridine rings is 2. The first-order chi connectivity index (χ1) is 12.5. The van der Waals surface area contributed by atoms with Gasteiger partial charge in [0.05, 0.1) is 11.4 Å². The predicted octanol–water partition coefficient (Wildman–Crippen LogP) is 2.87. The fourth-order valence-electron chi connectivity index (χ4n) is 2.05. The van der Waals surface area contributed by atoms with Crippen LogP contribution in [0.5, 0.6) is 0 Å². The van der Waals surface area contributed by atoms with E-state index in [1.807, 2.05) is 0 Å². The van der Waals surface area contributed by atoms with Gasteiger partial charge in [-0.15, -0.1) is 0 Å². The van der Waals surface area contributed by atoms with Gasteiger partial charge in [0.15, 0.2) is 16.0 Å². The maximum Gasteiger partial charge on any atom is 0.276 e. The van der Waals surface area contributed by atoms with E-state index in [2.05, 4.69) is 25.7 Å². The highest BCUT2D eigenvalue weighted by atomic mass is 35.5. The first-order valence-corrected chi connectivity index (χ1v) is 8.14. The monoisotopic (exact) mass is 390 g/mol. The minimum absolute atomic E-state index is 0.0911. The summed E-state index contributed by atoms with van der Waals surface area (Å²) in [5.41, 5.74) is 0.908. The molecule has 2 N–H and O–H groups in total. The molecule has 3 aromatic rings. The van der Waals surface area contributed by atoms with Gasteiger partial charge in [-0.3, -0.25) is 14.3 Å². The maximum atomic E-state index is 12.2. The second kappa shape index (κ2) is 7.94. The number of hydrogen-bond acceptors (Lipinski definition) is 5. The molecule has 26 heavy (non-hydrogen) atoms. The van der Waals surface area contributed by atoms with E-state index in [-0.39, 0.29) is 28.5 Å². The van der Waals surface area contributed by atoms with E-state index in [1.54, 1.807) is 24.3 Å². The Labute approximate surface area is 158 Å². The Kier molecular flexibility index (Phi) is 5.45. The Balaban J connectivity index is 1.62. The van der Waals surface area contributed by atoms with Gasteiger partial charge >= 0.3 is 0 Å². The van der Waals surface area contributed by atoms with Crippen molar-refractivity contribution in [3.63, 3.8) is 0 Å². The van der Waals surface area contributed by atoms with Gasteiger partial charge in [0, 0.05) is 18.6 Å². The fourth-order valence-corrected chi connectivity index (χ4v) is 2.39. The van der Waals surface area contributed by atoms with Gasteiger partial charge in [-0.05, 0) is 30.3 Å². The van der Waals surface area contributed by atoms with Crippen LogP contribution in [0.1, 0.15) is 10.5 Å². The van der Waals surface area contributed by atoms with Crippen LogP contribution in [0, 0.1) is 0 Å². The summed E-state index contributed by atoms with van der Waals surface area (Å²) in [6.07, 6.45) is 4.55. The topological polar surface area (TPSA) is 102 Å². The summed E-state index contributed by atoms with van der Waals surface area (Å²) < 4.78 is 1.33. The Morgan fingerprint density at radius 1 is 0.962 bits per heavy atom. The summed E-state index contributed by atoms with van der Waals surface area (Å²) >= 11 is 11.8. The zero-order valence-corrected chi connectivity index (χ0v) is 14.7. The van der Waals surface area contributed by atoms with Crippen molar-refractivity contribution in [2.24, 2.45) is 0 Å². The molecule has 0 saturated heterocycles. The van der Waals surface area contributed by atoms with Crippen LogP contribution < -0.4 is 10.6 Å². The van der Waals surface area contributed by atoms with Crippen molar-refractivity contribution in [1.82, 2.24) is 19.7 Å². The van der Waals surface area contributed by atoms with E-state index in [4.69, 9.17) is 23.2 Å². The van der Waals surface area contributed by atoms with Crippen molar-refractivity contribution in [3.8, 4) is 0 Å². The smallest absolute Gasteiger partial charge is 0.276 e. The summed E-state index contributed by atoms with van der Waals surface area (Å²) in [4.78, 5) is 32.0. The van der Waals surface area contributed by atoms with Crippen LogP contribution in [-0.4, -0.2) is 31.6 Å². The number of anilines is 2. The van der Waals surface area contributed by atoms with Crippen molar-refractivity contribution >= 4 is 46.4 Å². The van der Waals surface area contributed by atoms with Gasteiger partial charge in [-0.2, -0.15) is 5.10 Å². The highest BCUT2D eigenvalue weighted by Gasteiger charge is 2.13. The van der Waals surface area contributed by atoms with E-state index in [0.717, 1.165) is 0 Å². The third kappa shape index (κ3) is 4.35. The molecule has 3 rings (SSSR count). The second-order valence-corrected chi connectivity index (χ2v) is 5.80. The third-order valence-electron chi connectivity index (χ3n) is 3.22. The Hall–Kier alpha value is -2.97. The van der Waals surface area contributed by atoms with Gasteiger partial charge in [0.1, 0.15) is 6.54 Å². The van der Waals surface area contributed by atoms with Crippen molar-refractivity contribution in [2.75, 3.05) is 10.6 Å². The highest BCUT2D eigenvalue weighted by molar-refractivity contribution is 6.32. The SMILES string of the molecule is O=C(Cn1ccc(C(=O)Nc2cccnc2Cl)n1)Nc1cccnc1Cl. The van der Waals surface area contributed by atoms with Crippen molar-refractivity contribution in [3.05, 3.63) is 64.9 Å². The number of rotatable bonds is 5. The van der Waals surface area contributed by atoms with E-state index >= 15 is 0 Å². The Morgan fingerprint density at radius 2 is 1.58 bits per heavy atom. The molecule has 0 aliphatic carbocycles. The van der Waals surface area contributed by atoms with E-state index in [0.29, 0.717) is 11.4 Å². The Morgan fingerprint density at radius 3 is 2.19 bits per heavy atom. The molecule has 3 aromatic heterocycles. The van der Waals surface area contributed by atoms with Crippen molar-refractivity contribution < 1.29 is 9.59 Å². The largest absolute Gasteiger partial charge is 0.322 e. The standard InChI is InChI=1S/C16H12Cl2N6O2/c17-14-10(3-1-6-19-14)21-13(25)9-24-8-5-12(23-24)16(26)22-11-4-2-7-20-15(11)18/h1-8H,9H2,(H,21,25)(H,22,26). The molecule has 0 bridgehead atoms. The molecule has 0 fully saturated rings. The lowest BCUT2D eigenvalue weighted by atomic mass is 10.3. The van der Waals surface area contributed by atoms with Crippen LogP contribution in [-0.2, 0) is 11.3 Å². The normalized spacial score (nSPS) is 10.4. The number of nitrogens with zero attached hydrogens (tertiary/aromatic N) is 4. The fraction of sp³-hybridized carbons (Fsp3) is 0.0625. The summed E-state index contributed by atoms with van der Waals surface area (Å²) in [5, 5.41) is 9.66. The van der Waals surface area contributed by atoms with Crippen LogP contribution in [0.3, 0.4) is 0 Å². The van der Waals surface area contributed by atoms with E-state index < -0.39 is 5.91 Å². The summed E-state index contributed by atoms with van der Waals surface area (Å²) in [7, 11) is 0. The molecule has 2 amide bonds. The number of carbonyl (C=O) groups excluding carboxylic acids is 2. The summed E-state index contributed by atoms with van der Waals surface area (Å²) in [6.45, 7) is -0.0911. The molecule has 0 radical (unpaired) electrons. The van der Waals surface area contributed by atoms with Gasteiger partial charge in [-0.1, -0.05) is 23.2 Å². The van der Waals surface area contributed by atoms with E-state index in [9.17, 15) is 9.59 Å². The lowest BCUT2D eigenvalue weighted by molar-refractivity contribution is -0.116.